The number of amides is 1. The van der Waals surface area contributed by atoms with Crippen LogP contribution in [0, 0.1) is 0 Å². The number of nitrogens with zero attached hydrogens (tertiary/aromatic N) is 3. The van der Waals surface area contributed by atoms with Crippen LogP contribution in [0.3, 0.4) is 0 Å². The SMILES string of the molecule is NCCCCNC(=O)c1ccc(Nc2nc(O)nc(NCc3ccc(OCCBr)cc3)n2)cc1. The molecule has 0 aliphatic rings. The zero-order valence-corrected chi connectivity index (χ0v) is 20.2. The number of carbonyl (C=O) groups excluding carboxylic acids is 1. The van der Waals surface area contributed by atoms with Crippen LogP contribution >= 0.6 is 15.9 Å². The van der Waals surface area contributed by atoms with Crippen molar-refractivity contribution in [2.75, 3.05) is 35.7 Å². The molecule has 1 aromatic heterocycles. The number of ether oxygens (including phenoxy) is 1. The van der Waals surface area contributed by atoms with E-state index >= 15 is 0 Å². The van der Waals surface area contributed by atoms with Crippen LogP contribution in [0.15, 0.2) is 48.5 Å². The normalized spacial score (nSPS) is 10.5. The Morgan fingerprint density at radius 3 is 2.44 bits per heavy atom. The number of unbranched alkanes of at least 4 members (excludes halogenated alkanes) is 1. The van der Waals surface area contributed by atoms with Gasteiger partial charge < -0.3 is 31.5 Å². The summed E-state index contributed by atoms with van der Waals surface area (Å²) in [5, 5.41) is 19.6. The van der Waals surface area contributed by atoms with E-state index in [2.05, 4.69) is 46.8 Å². The molecule has 1 heterocycles. The van der Waals surface area contributed by atoms with Crippen LogP contribution in [0.4, 0.5) is 17.6 Å². The average molecular weight is 530 g/mol. The van der Waals surface area contributed by atoms with Gasteiger partial charge in [0, 0.05) is 29.7 Å². The molecule has 0 bridgehead atoms. The molecule has 3 rings (SSSR count). The minimum absolute atomic E-state index is 0.143. The first kappa shape index (κ1) is 25.2. The zero-order valence-electron chi connectivity index (χ0n) is 18.6. The molecule has 6 N–H and O–H groups in total. The highest BCUT2D eigenvalue weighted by molar-refractivity contribution is 9.09. The Balaban J connectivity index is 1.55. The summed E-state index contributed by atoms with van der Waals surface area (Å²) in [6.45, 7) is 2.25. The number of aromatic hydroxyl groups is 1. The summed E-state index contributed by atoms with van der Waals surface area (Å²) >= 11 is 3.33. The van der Waals surface area contributed by atoms with E-state index in [1.165, 1.54) is 0 Å². The van der Waals surface area contributed by atoms with Gasteiger partial charge >= 0.3 is 6.01 Å². The lowest BCUT2D eigenvalue weighted by Gasteiger charge is -2.10. The lowest BCUT2D eigenvalue weighted by Crippen LogP contribution is -2.24. The van der Waals surface area contributed by atoms with E-state index in [-0.39, 0.29) is 17.8 Å². The predicted molar refractivity (Wildman–Crippen MR) is 135 cm³/mol. The first-order valence-corrected chi connectivity index (χ1v) is 12.0. The van der Waals surface area contributed by atoms with Crippen molar-refractivity contribution in [2.45, 2.75) is 19.4 Å². The summed E-state index contributed by atoms with van der Waals surface area (Å²) in [4.78, 5) is 24.3. The van der Waals surface area contributed by atoms with Gasteiger partial charge in [0.1, 0.15) is 5.75 Å². The Morgan fingerprint density at radius 1 is 1.00 bits per heavy atom. The highest BCUT2D eigenvalue weighted by Gasteiger charge is 2.08. The van der Waals surface area contributed by atoms with Crippen molar-refractivity contribution in [3.05, 3.63) is 59.7 Å². The van der Waals surface area contributed by atoms with Crippen LogP contribution < -0.4 is 26.4 Å². The maximum Gasteiger partial charge on any atom is 0.320 e. The number of hydrogen-bond acceptors (Lipinski definition) is 9. The highest BCUT2D eigenvalue weighted by Crippen LogP contribution is 2.18. The van der Waals surface area contributed by atoms with Gasteiger partial charge in [0.05, 0.1) is 6.61 Å². The van der Waals surface area contributed by atoms with Crippen LogP contribution in [0.5, 0.6) is 11.8 Å². The number of nitrogens with one attached hydrogen (secondary N) is 3. The Labute approximate surface area is 206 Å². The van der Waals surface area contributed by atoms with E-state index in [9.17, 15) is 9.90 Å². The maximum atomic E-state index is 12.2. The molecule has 0 radical (unpaired) electrons. The monoisotopic (exact) mass is 529 g/mol. The summed E-state index contributed by atoms with van der Waals surface area (Å²) in [6, 6.07) is 14.1. The quantitative estimate of drug-likeness (QED) is 0.166. The van der Waals surface area contributed by atoms with E-state index in [0.29, 0.717) is 37.5 Å². The van der Waals surface area contributed by atoms with E-state index < -0.39 is 6.01 Å². The Morgan fingerprint density at radius 2 is 1.74 bits per heavy atom. The number of alkyl halides is 1. The highest BCUT2D eigenvalue weighted by atomic mass is 79.9. The number of hydrogen-bond donors (Lipinski definition) is 5. The van der Waals surface area contributed by atoms with Crippen molar-refractivity contribution < 1.29 is 14.6 Å². The second-order valence-corrected chi connectivity index (χ2v) is 8.06. The molecule has 0 aliphatic heterocycles. The lowest BCUT2D eigenvalue weighted by molar-refractivity contribution is 0.0953. The molecule has 1 amide bonds. The number of halogens is 1. The molecule has 3 aromatic rings. The Hall–Kier alpha value is -3.44. The first-order valence-electron chi connectivity index (χ1n) is 10.9. The number of benzene rings is 2. The summed E-state index contributed by atoms with van der Waals surface area (Å²) in [5.74, 6) is 1.05. The molecule has 0 aliphatic carbocycles. The smallest absolute Gasteiger partial charge is 0.320 e. The van der Waals surface area contributed by atoms with Gasteiger partial charge in [0.2, 0.25) is 11.9 Å². The molecule has 11 heteroatoms. The molecule has 0 atom stereocenters. The molecule has 0 saturated carbocycles. The fourth-order valence-corrected chi connectivity index (χ4v) is 3.11. The fourth-order valence-electron chi connectivity index (χ4n) is 2.95. The zero-order chi connectivity index (χ0) is 24.2. The van der Waals surface area contributed by atoms with Gasteiger partial charge in [-0.1, -0.05) is 28.1 Å². The Bertz CT molecular complexity index is 1050. The van der Waals surface area contributed by atoms with E-state index in [0.717, 1.165) is 29.5 Å². The van der Waals surface area contributed by atoms with Crippen LogP contribution in [0.2, 0.25) is 0 Å². The second-order valence-electron chi connectivity index (χ2n) is 7.27. The largest absolute Gasteiger partial charge is 0.493 e. The van der Waals surface area contributed by atoms with Gasteiger partial charge in [0.25, 0.3) is 5.91 Å². The van der Waals surface area contributed by atoms with Gasteiger partial charge in [-0.2, -0.15) is 15.0 Å². The average Bonchev–Trinajstić information content (AvgIpc) is 2.85. The van der Waals surface area contributed by atoms with Crippen molar-refractivity contribution in [2.24, 2.45) is 5.73 Å². The van der Waals surface area contributed by atoms with Crippen LogP contribution in [-0.4, -0.2) is 51.0 Å². The van der Waals surface area contributed by atoms with E-state index in [4.69, 9.17) is 10.5 Å². The summed E-state index contributed by atoms with van der Waals surface area (Å²) in [6.07, 6.45) is 1.72. The minimum atomic E-state index is -0.410. The third kappa shape index (κ3) is 8.16. The summed E-state index contributed by atoms with van der Waals surface area (Å²) in [7, 11) is 0. The molecule has 10 nitrogen and oxygen atoms in total. The van der Waals surface area contributed by atoms with Gasteiger partial charge in [-0.3, -0.25) is 4.79 Å². The van der Waals surface area contributed by atoms with Gasteiger partial charge in [-0.15, -0.1) is 0 Å². The third-order valence-electron chi connectivity index (χ3n) is 4.66. The lowest BCUT2D eigenvalue weighted by atomic mass is 10.2. The van der Waals surface area contributed by atoms with E-state index in [1.54, 1.807) is 24.3 Å². The topological polar surface area (TPSA) is 147 Å². The summed E-state index contributed by atoms with van der Waals surface area (Å²) < 4.78 is 5.54. The van der Waals surface area contributed by atoms with Crippen LogP contribution in [-0.2, 0) is 6.54 Å². The third-order valence-corrected chi connectivity index (χ3v) is 4.99. The number of carbonyl (C=O) groups is 1. The number of nitrogens with two attached hydrogens (primary N) is 1. The van der Waals surface area contributed by atoms with Crippen LogP contribution in [0.25, 0.3) is 0 Å². The van der Waals surface area contributed by atoms with Gasteiger partial charge in [-0.05, 0) is 61.3 Å². The molecule has 0 unspecified atom stereocenters. The number of anilines is 3. The molecule has 34 heavy (non-hydrogen) atoms. The fraction of sp³-hybridized carbons (Fsp3) is 0.304. The first-order chi connectivity index (χ1) is 16.6. The minimum Gasteiger partial charge on any atom is -0.493 e. The number of rotatable bonds is 13. The standard InChI is InChI=1S/C23H28BrN7O3/c24-11-14-34-19-9-3-16(4-10-19)15-27-21-29-22(31-23(33)30-21)28-18-7-5-17(6-8-18)20(32)26-13-2-1-12-25/h3-10H,1-2,11-15,25H2,(H,26,32)(H3,27,28,29,30,31,33). The number of aromatic nitrogens is 3. The van der Waals surface area contributed by atoms with Crippen molar-refractivity contribution in [3.63, 3.8) is 0 Å². The molecule has 0 spiro atoms. The van der Waals surface area contributed by atoms with Crippen molar-refractivity contribution in [3.8, 4) is 11.8 Å². The molecule has 0 saturated heterocycles. The summed E-state index contributed by atoms with van der Waals surface area (Å²) in [5.41, 5.74) is 7.66. The molecule has 180 valence electrons. The molecule has 0 fully saturated rings. The van der Waals surface area contributed by atoms with Crippen molar-refractivity contribution in [1.82, 2.24) is 20.3 Å². The van der Waals surface area contributed by atoms with Crippen molar-refractivity contribution in [1.29, 1.82) is 0 Å². The maximum absolute atomic E-state index is 12.2. The predicted octanol–water partition coefficient (Wildman–Crippen LogP) is 3.18. The van der Waals surface area contributed by atoms with Crippen molar-refractivity contribution >= 4 is 39.4 Å². The van der Waals surface area contributed by atoms with E-state index in [1.807, 2.05) is 24.3 Å². The Kier molecular flexibility index (Phi) is 9.86. The molecule has 2 aromatic carbocycles. The second kappa shape index (κ2) is 13.3. The molecular formula is C23H28BrN7O3. The molecular weight excluding hydrogens is 502 g/mol. The van der Waals surface area contributed by atoms with Gasteiger partial charge in [0.15, 0.2) is 0 Å². The van der Waals surface area contributed by atoms with Crippen LogP contribution in [0.1, 0.15) is 28.8 Å². The van der Waals surface area contributed by atoms with Gasteiger partial charge in [-0.25, -0.2) is 0 Å².